The summed E-state index contributed by atoms with van der Waals surface area (Å²) in [6.07, 6.45) is -1.99. The molecule has 0 amide bonds. The fourth-order valence-electron chi connectivity index (χ4n) is 5.44. The third-order valence-electron chi connectivity index (χ3n) is 6.68. The molecule has 11 heteroatoms. The van der Waals surface area contributed by atoms with Gasteiger partial charge in [-0.3, -0.25) is 0 Å². The van der Waals surface area contributed by atoms with E-state index in [9.17, 15) is 17.6 Å². The molecule has 4 rings (SSSR count). The van der Waals surface area contributed by atoms with E-state index in [1.54, 1.807) is 11.0 Å². The van der Waals surface area contributed by atoms with Crippen molar-refractivity contribution < 1.29 is 17.6 Å². The molecule has 0 radical (unpaired) electrons. The Kier molecular flexibility index (Phi) is 7.09. The minimum absolute atomic E-state index is 0.0202. The summed E-state index contributed by atoms with van der Waals surface area (Å²) in [5.74, 6) is -0.570. The lowest BCUT2D eigenvalue weighted by Crippen LogP contribution is -2.60. The summed E-state index contributed by atoms with van der Waals surface area (Å²) in [7, 11) is 1.95. The molecular weight excluding hydrogens is 474 g/mol. The Hall–Kier alpha value is -2.66. The highest BCUT2D eigenvalue weighted by Gasteiger charge is 2.38. The highest BCUT2D eigenvalue weighted by Crippen LogP contribution is 2.39. The van der Waals surface area contributed by atoms with Crippen LogP contribution in [0.4, 0.5) is 40.7 Å². The third kappa shape index (κ3) is 6.36. The molecule has 3 N–H and O–H groups in total. The van der Waals surface area contributed by atoms with Crippen molar-refractivity contribution in [2.75, 3.05) is 48.8 Å². The van der Waals surface area contributed by atoms with Crippen molar-refractivity contribution >= 4 is 23.1 Å². The number of hydrogen-bond acceptors (Lipinski definition) is 7. The number of alkyl halides is 3. The van der Waals surface area contributed by atoms with Gasteiger partial charge >= 0.3 is 6.18 Å². The second-order valence-electron chi connectivity index (χ2n) is 11.2. The van der Waals surface area contributed by atoms with Crippen molar-refractivity contribution in [2.45, 2.75) is 63.8 Å². The van der Waals surface area contributed by atoms with Gasteiger partial charge in [0.05, 0.1) is 11.8 Å². The zero-order valence-electron chi connectivity index (χ0n) is 21.4. The molecule has 0 aliphatic carbocycles. The Morgan fingerprint density at radius 1 is 1.03 bits per heavy atom. The van der Waals surface area contributed by atoms with Crippen LogP contribution >= 0.6 is 0 Å². The van der Waals surface area contributed by atoms with Crippen molar-refractivity contribution in [3.05, 3.63) is 35.8 Å². The summed E-state index contributed by atoms with van der Waals surface area (Å²) in [6, 6.07) is 4.07. The highest BCUT2D eigenvalue weighted by atomic mass is 19.4. The van der Waals surface area contributed by atoms with Gasteiger partial charge in [-0.1, -0.05) is 0 Å². The summed E-state index contributed by atoms with van der Waals surface area (Å²) in [6.45, 7) is 10.8. The van der Waals surface area contributed by atoms with E-state index >= 15 is 0 Å². The first-order valence-corrected chi connectivity index (χ1v) is 12.2. The molecule has 2 aromatic rings. The summed E-state index contributed by atoms with van der Waals surface area (Å²) >= 11 is 0. The fraction of sp³-hybridized carbons (Fsp3) is 0.600. The quantitative estimate of drug-likeness (QED) is 0.498. The van der Waals surface area contributed by atoms with Crippen LogP contribution in [0.5, 0.6) is 0 Å². The van der Waals surface area contributed by atoms with E-state index in [0.29, 0.717) is 26.2 Å². The Morgan fingerprint density at radius 3 is 2.28 bits per heavy atom. The molecule has 7 nitrogen and oxygen atoms in total. The molecule has 0 spiro atoms. The topological polar surface area (TPSA) is 68.3 Å². The van der Waals surface area contributed by atoms with E-state index in [1.807, 2.05) is 7.05 Å². The summed E-state index contributed by atoms with van der Waals surface area (Å²) in [5.41, 5.74) is -0.689. The molecule has 0 saturated carbocycles. The van der Waals surface area contributed by atoms with Gasteiger partial charge in [-0.25, -0.2) is 9.37 Å². The average molecular weight is 510 g/mol. The molecule has 3 heterocycles. The van der Waals surface area contributed by atoms with Gasteiger partial charge in [0.15, 0.2) is 11.6 Å². The maximum atomic E-state index is 14.6. The lowest BCUT2D eigenvalue weighted by atomic mass is 9.79. The second-order valence-corrected chi connectivity index (χ2v) is 11.2. The number of nitrogens with one attached hydrogen (secondary N) is 3. The number of likely N-dealkylation sites (N-methyl/N-ethyl adjacent to an activating group) is 1. The van der Waals surface area contributed by atoms with Crippen molar-refractivity contribution in [1.29, 1.82) is 0 Å². The van der Waals surface area contributed by atoms with Crippen LogP contribution in [0, 0.1) is 5.82 Å². The second kappa shape index (κ2) is 9.66. The third-order valence-corrected chi connectivity index (χ3v) is 6.68. The molecule has 0 bridgehead atoms. The largest absolute Gasteiger partial charge is 0.418 e. The number of anilines is 4. The molecule has 1 aromatic carbocycles. The van der Waals surface area contributed by atoms with Crippen LogP contribution in [0.3, 0.4) is 0 Å². The number of halogens is 4. The Bertz CT molecular complexity index is 1060. The number of piperazine rings is 1. The van der Waals surface area contributed by atoms with E-state index in [2.05, 4.69) is 58.5 Å². The minimum Gasteiger partial charge on any atom is -0.368 e. The van der Waals surface area contributed by atoms with Gasteiger partial charge in [-0.2, -0.15) is 18.2 Å². The first-order valence-electron chi connectivity index (χ1n) is 12.2. The van der Waals surface area contributed by atoms with Crippen LogP contribution in [0.2, 0.25) is 0 Å². The Balaban J connectivity index is 1.54. The maximum Gasteiger partial charge on any atom is 0.418 e. The number of piperidine rings is 1. The van der Waals surface area contributed by atoms with E-state index in [1.165, 1.54) is 6.07 Å². The first kappa shape index (κ1) is 26.4. The van der Waals surface area contributed by atoms with Gasteiger partial charge in [0.2, 0.25) is 5.95 Å². The highest BCUT2D eigenvalue weighted by molar-refractivity contribution is 5.65. The first-order chi connectivity index (χ1) is 16.7. The molecule has 36 heavy (non-hydrogen) atoms. The van der Waals surface area contributed by atoms with Gasteiger partial charge in [0, 0.05) is 54.7 Å². The molecule has 198 valence electrons. The van der Waals surface area contributed by atoms with Gasteiger partial charge in [-0.15, -0.1) is 0 Å². The van der Waals surface area contributed by atoms with Crippen LogP contribution in [0.15, 0.2) is 24.4 Å². The van der Waals surface area contributed by atoms with Gasteiger partial charge < -0.3 is 25.8 Å². The molecule has 2 fully saturated rings. The van der Waals surface area contributed by atoms with Crippen LogP contribution in [0.25, 0.3) is 0 Å². The fourth-order valence-corrected chi connectivity index (χ4v) is 5.44. The zero-order valence-corrected chi connectivity index (χ0v) is 21.4. The molecule has 0 atom stereocenters. The predicted octanol–water partition coefficient (Wildman–Crippen LogP) is 4.85. The molecule has 2 saturated heterocycles. The van der Waals surface area contributed by atoms with Gasteiger partial charge in [0.1, 0.15) is 0 Å². The lowest BCUT2D eigenvalue weighted by Gasteiger charge is -2.46. The van der Waals surface area contributed by atoms with Crippen LogP contribution < -0.4 is 20.9 Å². The smallest absolute Gasteiger partial charge is 0.368 e. The van der Waals surface area contributed by atoms with Crippen LogP contribution in [0.1, 0.15) is 46.1 Å². The predicted molar refractivity (Wildman–Crippen MR) is 134 cm³/mol. The van der Waals surface area contributed by atoms with Gasteiger partial charge in [-0.05, 0) is 65.8 Å². The molecule has 1 aromatic heterocycles. The zero-order chi connectivity index (χ0) is 26.3. The van der Waals surface area contributed by atoms with Gasteiger partial charge in [0.25, 0.3) is 0 Å². The van der Waals surface area contributed by atoms with Crippen molar-refractivity contribution in [2.24, 2.45) is 0 Å². The normalized spacial score (nSPS) is 20.9. The van der Waals surface area contributed by atoms with Crippen molar-refractivity contribution in [3.8, 4) is 0 Å². The molecule has 2 aliphatic heterocycles. The van der Waals surface area contributed by atoms with E-state index in [4.69, 9.17) is 0 Å². The number of rotatable bonds is 5. The van der Waals surface area contributed by atoms with E-state index in [0.717, 1.165) is 25.1 Å². The average Bonchev–Trinajstić information content (AvgIpc) is 2.74. The minimum atomic E-state index is -4.53. The molecule has 0 unspecified atom stereocenters. The summed E-state index contributed by atoms with van der Waals surface area (Å²) in [5, 5.41) is 9.58. The summed E-state index contributed by atoms with van der Waals surface area (Å²) in [4.78, 5) is 12.0. The Labute approximate surface area is 209 Å². The number of nitrogens with zero attached hydrogens (tertiary/aromatic N) is 4. The van der Waals surface area contributed by atoms with E-state index in [-0.39, 0.29) is 40.3 Å². The molecule has 2 aliphatic rings. The lowest BCUT2D eigenvalue weighted by molar-refractivity contribution is -0.137. The van der Waals surface area contributed by atoms with Crippen LogP contribution in [-0.2, 0) is 6.18 Å². The van der Waals surface area contributed by atoms with E-state index < -0.39 is 17.6 Å². The van der Waals surface area contributed by atoms with Crippen molar-refractivity contribution in [3.63, 3.8) is 0 Å². The summed E-state index contributed by atoms with van der Waals surface area (Å²) < 4.78 is 56.4. The Morgan fingerprint density at radius 2 is 1.67 bits per heavy atom. The SMILES string of the molecule is CN1CCN(c2ccc(Nc3ncc(F)c(NC4CC(C)(C)NC(C)(C)C4)n3)cc2C(F)(F)F)CC1. The monoisotopic (exact) mass is 509 g/mol. The number of aromatic nitrogens is 2. The molecular formula is C25H35F4N7. The maximum absolute atomic E-state index is 14.6. The van der Waals surface area contributed by atoms with Crippen molar-refractivity contribution in [1.82, 2.24) is 20.2 Å². The number of benzene rings is 1. The number of hydrogen-bond donors (Lipinski definition) is 3. The standard InChI is InChI=1S/C25H35F4N7/c1-23(2)13-17(14-24(3,4)34-23)31-21-19(26)15-30-22(33-21)32-16-6-7-20(18(12-16)25(27,28)29)36-10-8-35(5)9-11-36/h6-7,12,15,17,34H,8-11,13-14H2,1-5H3,(H2,30,31,32,33). The van der Waals surface area contributed by atoms with Crippen LogP contribution in [-0.4, -0.2) is 65.2 Å².